The first-order valence-electron chi connectivity index (χ1n) is 7.18. The number of hydrogen-bond donors (Lipinski definition) is 2. The van der Waals surface area contributed by atoms with Crippen LogP contribution in [0.25, 0.3) is 0 Å². The topological polar surface area (TPSA) is 42.5 Å². The Balaban J connectivity index is 2.72. The molecular weight excluding hydrogens is 284 g/mol. The van der Waals surface area contributed by atoms with Gasteiger partial charge in [0.25, 0.3) is 0 Å². The Morgan fingerprint density at radius 2 is 1.45 bits per heavy atom. The average molecular weight is 315 g/mol. The molecule has 6 heteroatoms. The number of rotatable bonds is 6. The molecule has 1 aliphatic rings. The molecule has 1 aliphatic carbocycles. The predicted molar refractivity (Wildman–Crippen MR) is 89.7 cm³/mol. The van der Waals surface area contributed by atoms with Gasteiger partial charge < -0.3 is 9.05 Å². The monoisotopic (exact) mass is 314 g/mol. The summed E-state index contributed by atoms with van der Waals surface area (Å²) in [6, 6.07) is 0. The van der Waals surface area contributed by atoms with Crippen molar-refractivity contribution in [3.8, 4) is 0 Å². The molecule has 2 N–H and O–H groups in total. The van der Waals surface area contributed by atoms with Gasteiger partial charge >= 0.3 is 0 Å². The maximum atomic E-state index is 5.79. The summed E-state index contributed by atoms with van der Waals surface area (Å²) in [6.07, 6.45) is 5.23. The third-order valence-corrected chi connectivity index (χ3v) is 3.91. The summed E-state index contributed by atoms with van der Waals surface area (Å²) in [5.74, 6) is 0. The van der Waals surface area contributed by atoms with Gasteiger partial charge in [0.2, 0.25) is 16.6 Å². The van der Waals surface area contributed by atoms with Crippen molar-refractivity contribution < 1.29 is 9.05 Å². The lowest BCUT2D eigenvalue weighted by molar-refractivity contribution is 0.199. The Labute approximate surface area is 125 Å². The fourth-order valence-corrected chi connectivity index (χ4v) is 2.66. The van der Waals surface area contributed by atoms with Crippen molar-refractivity contribution in [2.75, 3.05) is 0 Å². The standard InChI is InChI=1S/C14H30N2O2Si2/c1-14(2)10-12(15-17-19(3,4)5)9-13(11-14)16-18-20(6,7)8/h9-10,15-16H,11H2,1-8H3. The molecule has 0 saturated carbocycles. The van der Waals surface area contributed by atoms with E-state index in [0.717, 1.165) is 17.8 Å². The zero-order chi connectivity index (χ0) is 15.6. The molecule has 0 radical (unpaired) electrons. The van der Waals surface area contributed by atoms with Crippen LogP contribution in [0.4, 0.5) is 0 Å². The van der Waals surface area contributed by atoms with Crippen molar-refractivity contribution in [1.29, 1.82) is 0 Å². The molecule has 0 heterocycles. The molecular formula is C14H30N2O2Si2. The fourth-order valence-electron chi connectivity index (χ4n) is 1.80. The van der Waals surface area contributed by atoms with Crippen LogP contribution in [0.15, 0.2) is 23.5 Å². The van der Waals surface area contributed by atoms with Crippen LogP contribution in [-0.2, 0) is 9.05 Å². The van der Waals surface area contributed by atoms with E-state index in [2.05, 4.69) is 76.2 Å². The summed E-state index contributed by atoms with van der Waals surface area (Å²) >= 11 is 0. The molecule has 0 saturated heterocycles. The maximum absolute atomic E-state index is 5.79. The minimum absolute atomic E-state index is 0.0883. The van der Waals surface area contributed by atoms with E-state index in [1.165, 1.54) is 0 Å². The molecule has 0 aromatic rings. The van der Waals surface area contributed by atoms with Crippen LogP contribution in [0.3, 0.4) is 0 Å². The average Bonchev–Trinajstić information content (AvgIpc) is 2.20. The highest BCUT2D eigenvalue weighted by atomic mass is 28.4. The molecule has 0 unspecified atom stereocenters. The summed E-state index contributed by atoms with van der Waals surface area (Å²) in [5, 5.41) is 0. The van der Waals surface area contributed by atoms with Crippen LogP contribution in [0.5, 0.6) is 0 Å². The Morgan fingerprint density at radius 3 is 1.95 bits per heavy atom. The second kappa shape index (κ2) is 6.05. The first-order valence-corrected chi connectivity index (χ1v) is 14.0. The molecule has 0 fully saturated rings. The smallest absolute Gasteiger partial charge is 0.220 e. The van der Waals surface area contributed by atoms with Gasteiger partial charge in [0.15, 0.2) is 0 Å². The first-order chi connectivity index (χ1) is 8.86. The fraction of sp³-hybridized carbons (Fsp3) is 0.714. The molecule has 20 heavy (non-hydrogen) atoms. The Morgan fingerprint density at radius 1 is 0.950 bits per heavy atom. The van der Waals surface area contributed by atoms with Crippen LogP contribution in [0.2, 0.25) is 39.3 Å². The highest BCUT2D eigenvalue weighted by molar-refractivity contribution is 6.69. The van der Waals surface area contributed by atoms with E-state index in [9.17, 15) is 0 Å². The van der Waals surface area contributed by atoms with Crippen molar-refractivity contribution in [3.63, 3.8) is 0 Å². The molecule has 0 aromatic carbocycles. The van der Waals surface area contributed by atoms with E-state index >= 15 is 0 Å². The predicted octanol–water partition coefficient (Wildman–Crippen LogP) is 3.90. The van der Waals surface area contributed by atoms with Gasteiger partial charge in [0, 0.05) is 5.70 Å². The number of hydrogen-bond acceptors (Lipinski definition) is 4. The van der Waals surface area contributed by atoms with Crippen LogP contribution in [0, 0.1) is 5.41 Å². The van der Waals surface area contributed by atoms with Crippen molar-refractivity contribution in [1.82, 2.24) is 11.0 Å². The second-order valence-corrected chi connectivity index (χ2v) is 16.9. The molecule has 116 valence electrons. The van der Waals surface area contributed by atoms with Crippen LogP contribution >= 0.6 is 0 Å². The van der Waals surface area contributed by atoms with E-state index in [0.29, 0.717) is 0 Å². The summed E-state index contributed by atoms with van der Waals surface area (Å²) in [7, 11) is -3.16. The molecule has 0 atom stereocenters. The zero-order valence-corrected chi connectivity index (χ0v) is 16.2. The Hall–Kier alpha value is -0.566. The zero-order valence-electron chi connectivity index (χ0n) is 14.2. The van der Waals surface area contributed by atoms with Gasteiger partial charge in [-0.15, -0.1) is 0 Å². The van der Waals surface area contributed by atoms with Crippen LogP contribution in [0.1, 0.15) is 20.3 Å². The lowest BCUT2D eigenvalue weighted by atomic mass is 9.83. The van der Waals surface area contributed by atoms with E-state index in [1.807, 2.05) is 0 Å². The summed E-state index contributed by atoms with van der Waals surface area (Å²) < 4.78 is 11.6. The number of hydroxylamine groups is 2. The second-order valence-electron chi connectivity index (χ2n) is 8.07. The van der Waals surface area contributed by atoms with Gasteiger partial charge in [-0.2, -0.15) is 0 Å². The van der Waals surface area contributed by atoms with Gasteiger partial charge in [0.05, 0.1) is 5.70 Å². The molecule has 0 amide bonds. The van der Waals surface area contributed by atoms with Crippen molar-refractivity contribution in [2.45, 2.75) is 59.6 Å². The van der Waals surface area contributed by atoms with Gasteiger partial charge in [-0.05, 0) is 57.2 Å². The van der Waals surface area contributed by atoms with E-state index in [-0.39, 0.29) is 5.41 Å². The van der Waals surface area contributed by atoms with Gasteiger partial charge in [-0.25, -0.2) is 0 Å². The number of allylic oxidation sites excluding steroid dienone is 3. The minimum atomic E-state index is -1.58. The minimum Gasteiger partial charge on any atom is -0.323 e. The largest absolute Gasteiger partial charge is 0.323 e. The van der Waals surface area contributed by atoms with E-state index in [1.54, 1.807) is 0 Å². The Kier molecular flexibility index (Phi) is 5.29. The summed E-state index contributed by atoms with van der Waals surface area (Å²) in [6.45, 7) is 17.4. The lowest BCUT2D eigenvalue weighted by Gasteiger charge is -2.31. The highest BCUT2D eigenvalue weighted by Gasteiger charge is 2.25. The third-order valence-electron chi connectivity index (χ3n) is 2.49. The van der Waals surface area contributed by atoms with Crippen molar-refractivity contribution >= 4 is 16.6 Å². The SMILES string of the molecule is CC1(C)C=C(NO[Si](C)(C)C)C=C(NO[Si](C)(C)C)C1. The molecule has 4 nitrogen and oxygen atoms in total. The van der Waals surface area contributed by atoms with E-state index < -0.39 is 16.6 Å². The third kappa shape index (κ3) is 7.28. The lowest BCUT2D eigenvalue weighted by Crippen LogP contribution is -2.37. The maximum Gasteiger partial charge on any atom is 0.220 e. The Bertz CT molecular complexity index is 404. The molecule has 1 rings (SSSR count). The molecule has 0 spiro atoms. The van der Waals surface area contributed by atoms with Crippen molar-refractivity contribution in [3.05, 3.63) is 23.5 Å². The first kappa shape index (κ1) is 17.5. The summed E-state index contributed by atoms with van der Waals surface area (Å²) in [5.41, 5.74) is 8.44. The summed E-state index contributed by atoms with van der Waals surface area (Å²) in [4.78, 5) is 0. The number of nitrogens with one attached hydrogen (secondary N) is 2. The molecule has 0 aliphatic heterocycles. The molecule has 0 aromatic heterocycles. The quantitative estimate of drug-likeness (QED) is 0.576. The highest BCUT2D eigenvalue weighted by Crippen LogP contribution is 2.31. The van der Waals surface area contributed by atoms with Crippen LogP contribution in [-0.4, -0.2) is 16.6 Å². The van der Waals surface area contributed by atoms with Gasteiger partial charge in [-0.1, -0.05) is 19.9 Å². The van der Waals surface area contributed by atoms with Crippen molar-refractivity contribution in [2.24, 2.45) is 5.41 Å². The molecule has 0 bridgehead atoms. The van der Waals surface area contributed by atoms with Gasteiger partial charge in [0.1, 0.15) is 0 Å². The van der Waals surface area contributed by atoms with E-state index in [4.69, 9.17) is 9.05 Å². The van der Waals surface area contributed by atoms with Gasteiger partial charge in [-0.3, -0.25) is 11.0 Å². The normalized spacial score (nSPS) is 19.2. The van der Waals surface area contributed by atoms with Crippen LogP contribution < -0.4 is 11.0 Å².